The molecule has 4 atom stereocenters. The number of hydrogen-bond acceptors (Lipinski definition) is 6. The van der Waals surface area contributed by atoms with Gasteiger partial charge in [-0.15, -0.1) is 0 Å². The van der Waals surface area contributed by atoms with E-state index in [1.54, 1.807) is 0 Å². The fraction of sp³-hybridized carbons (Fsp3) is 0.632. The number of thioether (sulfide) groups is 1. The van der Waals surface area contributed by atoms with Gasteiger partial charge in [0.15, 0.2) is 5.72 Å². The fourth-order valence-electron chi connectivity index (χ4n) is 3.88. The molecule has 30 heavy (non-hydrogen) atoms. The number of ether oxygens (including phenoxy) is 2. The predicted molar refractivity (Wildman–Crippen MR) is 104 cm³/mol. The molecule has 2 heterocycles. The number of amides is 1. The Bertz CT molecular complexity index is 756. The van der Waals surface area contributed by atoms with Crippen LogP contribution in [0.3, 0.4) is 0 Å². The van der Waals surface area contributed by atoms with Gasteiger partial charge in [0.25, 0.3) is 5.92 Å². The molecule has 2 aliphatic rings. The predicted octanol–water partition coefficient (Wildman–Crippen LogP) is 3.28. The van der Waals surface area contributed by atoms with Crippen molar-refractivity contribution in [1.29, 1.82) is 0 Å². The molecule has 0 spiro atoms. The molecule has 4 unspecified atom stereocenters. The zero-order valence-electron chi connectivity index (χ0n) is 16.6. The summed E-state index contributed by atoms with van der Waals surface area (Å²) in [4.78, 5) is 13.5. The van der Waals surface area contributed by atoms with Gasteiger partial charge in [-0.2, -0.15) is 0 Å². The molecule has 2 saturated heterocycles. The smallest absolute Gasteiger partial charge is 0.408 e. The maximum Gasteiger partial charge on any atom is 0.408 e. The monoisotopic (exact) mass is 450 g/mol. The molecule has 0 radical (unpaired) electrons. The first-order valence-electron chi connectivity index (χ1n) is 9.45. The summed E-state index contributed by atoms with van der Waals surface area (Å²) in [5.74, 6) is -3.19. The van der Waals surface area contributed by atoms with Crippen LogP contribution in [0.2, 0.25) is 0 Å². The van der Waals surface area contributed by atoms with Crippen LogP contribution < -0.4 is 4.74 Å². The molecule has 2 N–H and O–H groups in total. The highest BCUT2D eigenvalue weighted by Crippen LogP contribution is 2.48. The molecule has 1 amide bonds. The van der Waals surface area contributed by atoms with E-state index in [1.165, 1.54) is 26.3 Å². The van der Waals surface area contributed by atoms with Crippen LogP contribution in [0, 0.1) is 0 Å². The quantitative estimate of drug-likeness (QED) is 0.660. The second-order valence-corrected chi connectivity index (χ2v) is 8.60. The van der Waals surface area contributed by atoms with Crippen LogP contribution in [0.5, 0.6) is 5.75 Å². The maximum absolute atomic E-state index is 15.1. The fourth-order valence-corrected chi connectivity index (χ4v) is 5.50. The Balaban J connectivity index is 1.93. The van der Waals surface area contributed by atoms with Gasteiger partial charge in [0.1, 0.15) is 23.4 Å². The van der Waals surface area contributed by atoms with Crippen molar-refractivity contribution in [2.45, 2.75) is 47.9 Å². The van der Waals surface area contributed by atoms with Gasteiger partial charge in [0.2, 0.25) is 0 Å². The van der Waals surface area contributed by atoms with Gasteiger partial charge in [-0.25, -0.2) is 22.9 Å². The summed E-state index contributed by atoms with van der Waals surface area (Å²) >= 11 is 1.07. The summed E-state index contributed by atoms with van der Waals surface area (Å²) < 4.78 is 55.0. The number of hydrogen-bond donors (Lipinski definition) is 2. The maximum atomic E-state index is 15.1. The molecule has 168 valence electrons. The van der Waals surface area contributed by atoms with E-state index in [2.05, 4.69) is 0 Å². The zero-order chi connectivity index (χ0) is 22.1. The van der Waals surface area contributed by atoms with Crippen LogP contribution in [-0.4, -0.2) is 76.2 Å². The number of methoxy groups -OCH3 is 1. The summed E-state index contributed by atoms with van der Waals surface area (Å²) in [5, 5.41) is 20.5. The largest absolute Gasteiger partial charge is 0.497 e. The number of fused-ring (bicyclic) bond motifs is 1. The number of carbonyl (C=O) groups is 1. The van der Waals surface area contributed by atoms with E-state index in [1.807, 2.05) is 0 Å². The number of aliphatic hydroxyl groups is 1. The Kier molecular flexibility index (Phi) is 6.75. The third-order valence-corrected chi connectivity index (χ3v) is 6.94. The molecular formula is C19H25F3N2O5S. The molecule has 1 aromatic rings. The zero-order valence-corrected chi connectivity index (χ0v) is 17.4. The number of alkyl halides is 3. The number of carboxylic acid groups (broad SMARTS) is 1. The molecule has 0 bridgehead atoms. The van der Waals surface area contributed by atoms with Crippen molar-refractivity contribution in [3.05, 3.63) is 29.8 Å². The van der Waals surface area contributed by atoms with Crippen LogP contribution in [0.15, 0.2) is 24.3 Å². The highest BCUT2D eigenvalue weighted by molar-refractivity contribution is 8.00. The van der Waals surface area contributed by atoms with Crippen molar-refractivity contribution in [2.75, 3.05) is 27.4 Å². The highest BCUT2D eigenvalue weighted by atomic mass is 32.2. The number of benzene rings is 1. The lowest BCUT2D eigenvalue weighted by molar-refractivity contribution is -0.211. The van der Waals surface area contributed by atoms with Crippen molar-refractivity contribution in [1.82, 2.24) is 9.80 Å². The Labute approximate surface area is 176 Å². The van der Waals surface area contributed by atoms with Gasteiger partial charge in [-0.05, 0) is 37.1 Å². The Morgan fingerprint density at radius 2 is 2.07 bits per heavy atom. The van der Waals surface area contributed by atoms with Crippen LogP contribution >= 0.6 is 11.8 Å². The normalized spacial score (nSPS) is 26.7. The summed E-state index contributed by atoms with van der Waals surface area (Å²) in [5.41, 5.74) is -4.60. The summed E-state index contributed by atoms with van der Waals surface area (Å²) in [7, 11) is 2.66. The summed E-state index contributed by atoms with van der Waals surface area (Å²) in [6, 6.07) is 4.43. The molecular weight excluding hydrogens is 425 g/mol. The van der Waals surface area contributed by atoms with Gasteiger partial charge in [0.05, 0.1) is 19.6 Å². The molecule has 1 aromatic carbocycles. The molecule has 2 aliphatic heterocycles. The average molecular weight is 450 g/mol. The summed E-state index contributed by atoms with van der Waals surface area (Å²) in [6.45, 7) is -1.06. The molecule has 2 fully saturated rings. The lowest BCUT2D eigenvalue weighted by Gasteiger charge is -2.45. The minimum absolute atomic E-state index is 0.386. The van der Waals surface area contributed by atoms with Gasteiger partial charge >= 0.3 is 6.09 Å². The Morgan fingerprint density at radius 1 is 1.40 bits per heavy atom. The van der Waals surface area contributed by atoms with Gasteiger partial charge in [0, 0.05) is 19.2 Å². The molecule has 0 aromatic heterocycles. The Morgan fingerprint density at radius 3 is 2.63 bits per heavy atom. The number of nitrogens with zero attached hydrogens (tertiary/aromatic N) is 2. The van der Waals surface area contributed by atoms with E-state index in [4.69, 9.17) is 9.47 Å². The minimum atomic E-state index is -3.57. The second-order valence-electron chi connectivity index (χ2n) is 7.44. The lowest BCUT2D eigenvalue weighted by Crippen LogP contribution is -2.62. The standard InChI is InChI=1S/C19H25F3N2O5S/c1-23(17(25)26)16-24(14-4-3-9-29-15(14)30-16)18(27,11-20)10-19(21,22)12-5-7-13(28-2)8-6-12/h5-8,14-16,27H,3-4,9-11H2,1-2H3,(H,25,26). The van der Waals surface area contributed by atoms with Crippen LogP contribution in [0.1, 0.15) is 24.8 Å². The van der Waals surface area contributed by atoms with Crippen molar-refractivity contribution in [2.24, 2.45) is 0 Å². The molecule has 7 nitrogen and oxygen atoms in total. The topological polar surface area (TPSA) is 82.5 Å². The van der Waals surface area contributed by atoms with E-state index in [-0.39, 0.29) is 0 Å². The first-order chi connectivity index (χ1) is 14.1. The third kappa shape index (κ3) is 4.34. The first kappa shape index (κ1) is 23.0. The molecule has 0 aliphatic carbocycles. The van der Waals surface area contributed by atoms with Crippen molar-refractivity contribution in [3.8, 4) is 5.75 Å². The van der Waals surface area contributed by atoms with Crippen LogP contribution in [0.25, 0.3) is 0 Å². The number of rotatable bonds is 7. The minimum Gasteiger partial charge on any atom is -0.497 e. The van der Waals surface area contributed by atoms with E-state index in [9.17, 15) is 19.4 Å². The lowest BCUT2D eigenvalue weighted by atomic mass is 9.95. The van der Waals surface area contributed by atoms with E-state index >= 15 is 8.78 Å². The molecule has 3 rings (SSSR count). The van der Waals surface area contributed by atoms with Crippen LogP contribution in [0.4, 0.5) is 18.0 Å². The summed E-state index contributed by atoms with van der Waals surface area (Å²) in [6.07, 6.45) is -1.49. The van der Waals surface area contributed by atoms with Crippen LogP contribution in [-0.2, 0) is 10.7 Å². The Hall–Kier alpha value is -1.69. The first-order valence-corrected chi connectivity index (χ1v) is 10.4. The van der Waals surface area contributed by atoms with E-state index < -0.39 is 53.4 Å². The van der Waals surface area contributed by atoms with Crippen molar-refractivity contribution in [3.63, 3.8) is 0 Å². The van der Waals surface area contributed by atoms with Crippen molar-refractivity contribution >= 4 is 17.9 Å². The highest BCUT2D eigenvalue weighted by Gasteiger charge is 2.57. The average Bonchev–Trinajstić information content (AvgIpc) is 3.13. The molecule has 11 heteroatoms. The van der Waals surface area contributed by atoms with Gasteiger partial charge in [-0.1, -0.05) is 11.8 Å². The van der Waals surface area contributed by atoms with Crippen molar-refractivity contribution < 1.29 is 37.7 Å². The van der Waals surface area contributed by atoms with E-state index in [0.717, 1.165) is 33.7 Å². The number of halogens is 3. The van der Waals surface area contributed by atoms with Gasteiger partial charge in [-0.3, -0.25) is 4.90 Å². The van der Waals surface area contributed by atoms with E-state index in [0.29, 0.717) is 25.2 Å². The SMILES string of the molecule is COc1ccc(C(F)(F)CC(O)(CF)N2C3CCCOC3SC2N(C)C(=O)O)cc1. The second kappa shape index (κ2) is 8.81. The van der Waals surface area contributed by atoms with Gasteiger partial charge < -0.3 is 19.7 Å². The third-order valence-electron chi connectivity index (χ3n) is 5.44. The molecule has 0 saturated carbocycles.